The molecule has 2 aliphatic rings. The largest absolute Gasteiger partial charge is 0.488 e. The molecule has 36 heavy (non-hydrogen) atoms. The Kier molecular flexibility index (Phi) is 5.89. The van der Waals surface area contributed by atoms with Gasteiger partial charge in [0.25, 0.3) is 0 Å². The summed E-state index contributed by atoms with van der Waals surface area (Å²) in [6, 6.07) is 14.2. The van der Waals surface area contributed by atoms with Crippen LogP contribution in [0.15, 0.2) is 42.5 Å². The van der Waals surface area contributed by atoms with Gasteiger partial charge in [0.1, 0.15) is 18.2 Å². The third-order valence-corrected chi connectivity index (χ3v) is 7.31. The number of hydrogen-bond donors (Lipinski definition) is 1. The highest BCUT2D eigenvalue weighted by molar-refractivity contribution is 6.30. The minimum absolute atomic E-state index is 0.00320. The van der Waals surface area contributed by atoms with E-state index in [1.807, 2.05) is 43.9 Å². The molecule has 6 nitrogen and oxygen atoms in total. The maximum absolute atomic E-state index is 13.0. The summed E-state index contributed by atoms with van der Waals surface area (Å²) >= 11 is 6.20. The second-order valence-electron chi connectivity index (χ2n) is 9.97. The molecule has 3 heterocycles. The summed E-state index contributed by atoms with van der Waals surface area (Å²) < 4.78 is 12.0. The Bertz CT molecular complexity index is 1480. The molecule has 3 aromatic carbocycles. The predicted octanol–water partition coefficient (Wildman–Crippen LogP) is 6.47. The summed E-state index contributed by atoms with van der Waals surface area (Å²) in [4.78, 5) is 23.4. The first-order chi connectivity index (χ1) is 17.4. The van der Waals surface area contributed by atoms with Crippen molar-refractivity contribution in [2.24, 2.45) is 5.92 Å². The third kappa shape index (κ3) is 4.02. The van der Waals surface area contributed by atoms with Crippen molar-refractivity contribution >= 4 is 39.3 Å². The monoisotopic (exact) mass is 502 g/mol. The quantitative estimate of drug-likeness (QED) is 0.339. The van der Waals surface area contributed by atoms with E-state index in [1.54, 1.807) is 6.42 Å². The number of H-pyrrole nitrogens is 1. The number of imidazole rings is 1. The van der Waals surface area contributed by atoms with Crippen molar-refractivity contribution < 1.29 is 14.3 Å². The van der Waals surface area contributed by atoms with Crippen LogP contribution in [0, 0.1) is 12.3 Å². The second kappa shape index (κ2) is 9.09. The van der Waals surface area contributed by atoms with Gasteiger partial charge in [0.15, 0.2) is 0 Å². The van der Waals surface area contributed by atoms with Crippen LogP contribution < -0.4 is 4.74 Å². The van der Waals surface area contributed by atoms with Gasteiger partial charge in [0.2, 0.25) is 5.91 Å². The zero-order valence-electron chi connectivity index (χ0n) is 20.7. The van der Waals surface area contributed by atoms with E-state index >= 15 is 0 Å². The van der Waals surface area contributed by atoms with Gasteiger partial charge in [-0.1, -0.05) is 37.6 Å². The molecular weight excluding hydrogens is 474 g/mol. The van der Waals surface area contributed by atoms with Gasteiger partial charge in [-0.3, -0.25) is 4.79 Å². The number of benzene rings is 3. The molecule has 6 rings (SSSR count). The number of hydrogen-bond acceptors (Lipinski definition) is 4. The van der Waals surface area contributed by atoms with Crippen molar-refractivity contribution in [1.29, 1.82) is 0 Å². The Hall–Kier alpha value is -3.09. The number of rotatable bonds is 5. The smallest absolute Gasteiger partial charge is 0.227 e. The van der Waals surface area contributed by atoms with Crippen molar-refractivity contribution in [2.75, 3.05) is 13.2 Å². The Morgan fingerprint density at radius 1 is 1.25 bits per heavy atom. The van der Waals surface area contributed by atoms with Crippen LogP contribution in [-0.2, 0) is 16.1 Å². The molecule has 1 amide bonds. The number of carbonyl (C=O) groups is 1. The van der Waals surface area contributed by atoms with Crippen LogP contribution in [0.3, 0.4) is 0 Å². The fourth-order valence-corrected chi connectivity index (χ4v) is 5.67. The topological polar surface area (TPSA) is 67.5 Å². The van der Waals surface area contributed by atoms with Crippen molar-refractivity contribution in [1.82, 2.24) is 14.9 Å². The molecule has 4 aromatic rings. The van der Waals surface area contributed by atoms with Gasteiger partial charge in [0.05, 0.1) is 29.6 Å². The molecule has 0 unspecified atom stereocenters. The highest BCUT2D eigenvalue weighted by atomic mass is 35.5. The van der Waals surface area contributed by atoms with E-state index in [-0.39, 0.29) is 24.0 Å². The molecule has 0 bridgehead atoms. The molecule has 1 aromatic heterocycles. The van der Waals surface area contributed by atoms with E-state index in [0.717, 1.165) is 56.5 Å². The van der Waals surface area contributed by atoms with Crippen molar-refractivity contribution in [3.05, 3.63) is 65.3 Å². The lowest BCUT2D eigenvalue weighted by Gasteiger charge is -2.23. The molecule has 1 N–H and O–H groups in total. The molecule has 1 fully saturated rings. The van der Waals surface area contributed by atoms with Crippen LogP contribution in [-0.4, -0.2) is 40.0 Å². The third-order valence-electron chi connectivity index (χ3n) is 7.07. The molecule has 7 heteroatoms. The lowest BCUT2D eigenvalue weighted by atomic mass is 9.94. The van der Waals surface area contributed by atoms with Crippen LogP contribution in [0.2, 0.25) is 5.02 Å². The standard InChI is InChI=1S/C29H29ClN3O3/c1-4-35-20-12-25(33(14-20)27(34)9-16(2)3)29-31-24-8-5-17-11-23-21-7-6-19(30)10-18(21)15-36-26(23)13-22(17)28(24)32-29/h5-11,13,16,20,25H,4,12,14-15H2,1-3H3,(H,31,32)/t20-,25-/m0/s1. The second-order valence-corrected chi connectivity index (χ2v) is 10.4. The van der Waals surface area contributed by atoms with E-state index in [9.17, 15) is 4.79 Å². The first-order valence-corrected chi connectivity index (χ1v) is 12.9. The SMILES string of the molecule is CCO[C@H]1C[C@@H](c2nc3ccc4cc5c(cc4c3[nH]2)OCc2cc(Cl)ccc2-5)N(C(=O)[CH]C(C)C)C1. The number of halogens is 1. The Morgan fingerprint density at radius 3 is 2.92 bits per heavy atom. The zero-order chi connectivity index (χ0) is 25.0. The van der Waals surface area contributed by atoms with E-state index < -0.39 is 0 Å². The Morgan fingerprint density at radius 2 is 2.11 bits per heavy atom. The number of nitrogens with zero attached hydrogens (tertiary/aromatic N) is 2. The van der Waals surface area contributed by atoms with Gasteiger partial charge in [-0.25, -0.2) is 4.98 Å². The fourth-order valence-electron chi connectivity index (χ4n) is 5.48. The molecule has 0 saturated carbocycles. The summed E-state index contributed by atoms with van der Waals surface area (Å²) in [6.07, 6.45) is 2.50. The van der Waals surface area contributed by atoms with Crippen LogP contribution >= 0.6 is 11.6 Å². The average molecular weight is 503 g/mol. The lowest BCUT2D eigenvalue weighted by Crippen LogP contribution is -2.33. The molecule has 0 spiro atoms. The van der Waals surface area contributed by atoms with Gasteiger partial charge in [0, 0.05) is 35.5 Å². The maximum Gasteiger partial charge on any atom is 0.227 e. The summed E-state index contributed by atoms with van der Waals surface area (Å²) in [5.41, 5.74) is 5.14. The Labute approximate surface area is 215 Å². The summed E-state index contributed by atoms with van der Waals surface area (Å²) in [6.45, 7) is 7.71. The number of amides is 1. The van der Waals surface area contributed by atoms with Gasteiger partial charge in [-0.2, -0.15) is 0 Å². The molecular formula is C29H29ClN3O3. The van der Waals surface area contributed by atoms with Gasteiger partial charge in [-0.15, -0.1) is 0 Å². The van der Waals surface area contributed by atoms with E-state index in [0.29, 0.717) is 24.8 Å². The fraction of sp³-hybridized carbons (Fsp3) is 0.345. The van der Waals surface area contributed by atoms with Crippen molar-refractivity contribution in [2.45, 2.75) is 45.9 Å². The number of aromatic amines is 1. The summed E-state index contributed by atoms with van der Waals surface area (Å²) in [5.74, 6) is 1.85. The van der Waals surface area contributed by atoms with Crippen LogP contribution in [0.25, 0.3) is 32.9 Å². The van der Waals surface area contributed by atoms with Crippen molar-refractivity contribution in [3.8, 4) is 16.9 Å². The van der Waals surface area contributed by atoms with Crippen LogP contribution in [0.5, 0.6) is 5.75 Å². The average Bonchev–Trinajstić information content (AvgIpc) is 3.47. The highest BCUT2D eigenvalue weighted by Crippen LogP contribution is 2.42. The van der Waals surface area contributed by atoms with Gasteiger partial charge in [-0.05, 0) is 59.7 Å². The highest BCUT2D eigenvalue weighted by Gasteiger charge is 2.38. The van der Waals surface area contributed by atoms with Crippen molar-refractivity contribution in [3.63, 3.8) is 0 Å². The van der Waals surface area contributed by atoms with E-state index in [2.05, 4.69) is 29.2 Å². The normalized spacial score (nSPS) is 19.1. The number of carbonyl (C=O) groups excluding carboxylic acids is 1. The number of aromatic nitrogens is 2. The molecule has 0 aliphatic carbocycles. The first-order valence-electron chi connectivity index (χ1n) is 12.6. The maximum atomic E-state index is 13.0. The molecule has 2 atom stereocenters. The summed E-state index contributed by atoms with van der Waals surface area (Å²) in [5, 5.41) is 2.86. The van der Waals surface area contributed by atoms with E-state index in [1.165, 1.54) is 0 Å². The number of nitrogens with one attached hydrogen (secondary N) is 1. The van der Waals surface area contributed by atoms with E-state index in [4.69, 9.17) is 26.1 Å². The lowest BCUT2D eigenvalue weighted by molar-refractivity contribution is -0.129. The zero-order valence-corrected chi connectivity index (χ0v) is 21.4. The molecule has 1 saturated heterocycles. The number of fused-ring (bicyclic) bond motifs is 6. The first kappa shape index (κ1) is 23.3. The van der Waals surface area contributed by atoms with Gasteiger partial charge < -0.3 is 19.4 Å². The minimum Gasteiger partial charge on any atom is -0.488 e. The molecule has 185 valence electrons. The molecule has 2 aliphatic heterocycles. The predicted molar refractivity (Wildman–Crippen MR) is 142 cm³/mol. The number of likely N-dealkylation sites (tertiary alicyclic amines) is 1. The van der Waals surface area contributed by atoms with Gasteiger partial charge >= 0.3 is 0 Å². The molecule has 1 radical (unpaired) electrons. The van der Waals surface area contributed by atoms with Crippen LogP contribution in [0.4, 0.5) is 0 Å². The van der Waals surface area contributed by atoms with Crippen LogP contribution in [0.1, 0.15) is 44.6 Å². The minimum atomic E-state index is -0.156. The summed E-state index contributed by atoms with van der Waals surface area (Å²) in [7, 11) is 0. The number of ether oxygens (including phenoxy) is 2. The Balaban J connectivity index is 1.41.